The number of methoxy groups -OCH3 is 1. The minimum Gasteiger partial charge on any atom is -0.493 e. The first-order valence-corrected chi connectivity index (χ1v) is 14.9. The van der Waals surface area contributed by atoms with Gasteiger partial charge in [0.2, 0.25) is 6.10 Å². The highest BCUT2D eigenvalue weighted by molar-refractivity contribution is 5.88. The third-order valence-corrected chi connectivity index (χ3v) is 9.27. The van der Waals surface area contributed by atoms with Gasteiger partial charge in [0.25, 0.3) is 0 Å². The summed E-state index contributed by atoms with van der Waals surface area (Å²) < 4.78 is 32.5. The quantitative estimate of drug-likeness (QED) is 0.216. The summed E-state index contributed by atoms with van der Waals surface area (Å²) in [6.07, 6.45) is -5.79. The summed E-state index contributed by atoms with van der Waals surface area (Å²) in [5, 5.41) is 30.9. The molecule has 8 atom stereocenters. The maximum absolute atomic E-state index is 13.3. The van der Waals surface area contributed by atoms with Crippen molar-refractivity contribution in [2.24, 2.45) is 0 Å². The molecule has 1 saturated heterocycles. The molecule has 2 heterocycles. The summed E-state index contributed by atoms with van der Waals surface area (Å²) >= 11 is 0. The van der Waals surface area contributed by atoms with E-state index in [1.54, 1.807) is 12.1 Å². The van der Waals surface area contributed by atoms with Crippen LogP contribution in [0.25, 0.3) is 0 Å². The van der Waals surface area contributed by atoms with E-state index in [-0.39, 0.29) is 18.2 Å². The highest BCUT2D eigenvalue weighted by atomic mass is 16.6. The molecule has 2 aliphatic heterocycles. The fraction of sp³-hybridized carbons (Fsp3) is 0.581. The lowest BCUT2D eigenvalue weighted by Crippen LogP contribution is -2.74. The molecule has 1 spiro atoms. The lowest BCUT2D eigenvalue weighted by atomic mass is 9.50. The molecule has 0 amide bonds. The Bertz CT molecular complexity index is 1490. The van der Waals surface area contributed by atoms with E-state index < -0.39 is 77.8 Å². The van der Waals surface area contributed by atoms with Crippen molar-refractivity contribution in [3.63, 3.8) is 0 Å². The van der Waals surface area contributed by atoms with Crippen molar-refractivity contribution < 1.29 is 67.7 Å². The Kier molecular flexibility index (Phi) is 8.79. The average molecular weight is 648 g/mol. The van der Waals surface area contributed by atoms with Crippen LogP contribution in [0.4, 0.5) is 0 Å². The van der Waals surface area contributed by atoms with Gasteiger partial charge in [-0.25, -0.2) is 19.2 Å². The molecule has 15 heteroatoms. The number of likely N-dealkylation sites (tertiary alicyclic amines) is 1. The first kappa shape index (κ1) is 33.2. The van der Waals surface area contributed by atoms with Gasteiger partial charge in [0.05, 0.1) is 24.5 Å². The van der Waals surface area contributed by atoms with Crippen molar-refractivity contribution in [1.82, 2.24) is 4.90 Å². The molecule has 1 fully saturated rings. The number of likely N-dealkylation sites (N-methyl/N-ethyl adjacent to an activating group) is 1. The number of nitrogens with zero attached hydrogens (tertiary/aromatic N) is 1. The van der Waals surface area contributed by atoms with Crippen LogP contribution in [0.5, 0.6) is 11.5 Å². The van der Waals surface area contributed by atoms with Crippen molar-refractivity contribution in [2.75, 3.05) is 20.7 Å². The van der Waals surface area contributed by atoms with Crippen LogP contribution in [0.15, 0.2) is 24.0 Å². The molecule has 250 valence electrons. The van der Waals surface area contributed by atoms with Gasteiger partial charge in [-0.1, -0.05) is 6.07 Å². The second kappa shape index (κ2) is 12.2. The zero-order chi connectivity index (χ0) is 33.7. The number of benzene rings is 1. The molecule has 4 aliphatic rings. The fourth-order valence-corrected chi connectivity index (χ4v) is 6.94. The summed E-state index contributed by atoms with van der Waals surface area (Å²) in [6.45, 7) is 3.92. The van der Waals surface area contributed by atoms with Crippen LogP contribution >= 0.6 is 0 Å². The zero-order valence-corrected chi connectivity index (χ0v) is 26.0. The van der Waals surface area contributed by atoms with Crippen molar-refractivity contribution in [2.45, 2.75) is 94.0 Å². The van der Waals surface area contributed by atoms with Crippen molar-refractivity contribution >= 4 is 29.8 Å². The van der Waals surface area contributed by atoms with E-state index >= 15 is 0 Å². The standard InChI is InChI=1S/C31H37NO14/c1-14(33)27(37)45-20(29(39)43-16(3)28(38)42-15(2)26(35)36)13-22(34)44-19-8-9-31(40)21-12-17-6-7-18(41-5)24-23(17)30(31,25(19)46-24)10-11-32(21)4/h6-8,14-16,20-21,25,33,40H,9-13H2,1-5H3,(H,35,36)/t14-,15-,16-,20-,21-,25+,30+,31-/m0/s1. The van der Waals surface area contributed by atoms with E-state index in [0.29, 0.717) is 30.9 Å². The Labute approximate surface area is 263 Å². The molecular weight excluding hydrogens is 610 g/mol. The van der Waals surface area contributed by atoms with Crippen LogP contribution in [0, 0.1) is 0 Å². The third-order valence-electron chi connectivity index (χ3n) is 9.27. The van der Waals surface area contributed by atoms with Crippen molar-refractivity contribution in [1.29, 1.82) is 0 Å². The Morgan fingerprint density at radius 3 is 2.39 bits per heavy atom. The molecule has 46 heavy (non-hydrogen) atoms. The number of esters is 4. The van der Waals surface area contributed by atoms with E-state index in [2.05, 4.69) is 4.90 Å². The Morgan fingerprint density at radius 2 is 1.74 bits per heavy atom. The molecule has 2 aliphatic carbocycles. The molecule has 0 aromatic heterocycles. The molecule has 0 saturated carbocycles. The van der Waals surface area contributed by atoms with E-state index in [4.69, 9.17) is 33.5 Å². The first-order chi connectivity index (χ1) is 21.6. The number of rotatable bonds is 11. The monoisotopic (exact) mass is 647 g/mol. The largest absolute Gasteiger partial charge is 0.493 e. The summed E-state index contributed by atoms with van der Waals surface area (Å²) in [7, 11) is 3.46. The molecule has 15 nitrogen and oxygen atoms in total. The second-order valence-corrected chi connectivity index (χ2v) is 12.1. The second-order valence-electron chi connectivity index (χ2n) is 12.1. The average Bonchev–Trinajstić information content (AvgIpc) is 3.35. The first-order valence-electron chi connectivity index (χ1n) is 14.9. The van der Waals surface area contributed by atoms with Gasteiger partial charge in [0, 0.05) is 18.0 Å². The fourth-order valence-electron chi connectivity index (χ4n) is 6.94. The minimum atomic E-state index is -1.95. The zero-order valence-electron chi connectivity index (χ0n) is 26.0. The lowest BCUT2D eigenvalue weighted by Gasteiger charge is -2.61. The van der Waals surface area contributed by atoms with Gasteiger partial charge in [-0.3, -0.25) is 4.79 Å². The summed E-state index contributed by atoms with van der Waals surface area (Å²) in [6, 6.07) is 3.51. The molecule has 1 aromatic carbocycles. The molecule has 3 N–H and O–H groups in total. The highest BCUT2D eigenvalue weighted by Crippen LogP contribution is 2.65. The Hall–Kier alpha value is -4.21. The van der Waals surface area contributed by atoms with Crippen molar-refractivity contribution in [3.05, 3.63) is 35.1 Å². The van der Waals surface area contributed by atoms with Crippen LogP contribution < -0.4 is 9.47 Å². The van der Waals surface area contributed by atoms with Gasteiger partial charge in [-0.05, 0) is 64.9 Å². The summed E-state index contributed by atoms with van der Waals surface area (Å²) in [5.74, 6) is -5.23. The topological polar surface area (TPSA) is 205 Å². The normalized spacial score (nSPS) is 28.2. The SMILES string of the molecule is COc1ccc2c3c1O[C@@H]1C(OC(=O)C[C@H](OC(=O)[C@H](C)O)C(=O)O[C@@H](C)C(=O)O[C@@H](C)C(=O)O)=CC[C@]4(O)[C@H](C2)N(C)CC[C@@]314. The number of hydrogen-bond donors (Lipinski definition) is 3. The highest BCUT2D eigenvalue weighted by Gasteiger charge is 2.72. The number of carboxylic acid groups (broad SMARTS) is 1. The van der Waals surface area contributed by atoms with Crippen LogP contribution in [0.1, 0.15) is 51.2 Å². The summed E-state index contributed by atoms with van der Waals surface area (Å²) in [4.78, 5) is 63.8. The van der Waals surface area contributed by atoms with Crippen LogP contribution in [0.3, 0.4) is 0 Å². The van der Waals surface area contributed by atoms with Gasteiger partial charge in [-0.15, -0.1) is 0 Å². The number of aliphatic hydroxyl groups excluding tert-OH is 1. The van der Waals surface area contributed by atoms with E-state index in [1.165, 1.54) is 7.11 Å². The van der Waals surface area contributed by atoms with Gasteiger partial charge in [-0.2, -0.15) is 0 Å². The van der Waals surface area contributed by atoms with Crippen LogP contribution in [0.2, 0.25) is 0 Å². The van der Waals surface area contributed by atoms with Crippen LogP contribution in [-0.4, -0.2) is 113 Å². The number of aliphatic hydroxyl groups is 2. The van der Waals surface area contributed by atoms with Gasteiger partial charge < -0.3 is 48.6 Å². The van der Waals surface area contributed by atoms with E-state index in [1.807, 2.05) is 13.1 Å². The maximum Gasteiger partial charge on any atom is 0.348 e. The van der Waals surface area contributed by atoms with Gasteiger partial charge in [0.1, 0.15) is 11.9 Å². The molecule has 0 radical (unpaired) electrons. The number of carboxylic acids is 1. The number of carbonyl (C=O) groups is 5. The third kappa shape index (κ3) is 5.35. The lowest BCUT2D eigenvalue weighted by molar-refractivity contribution is -0.185. The molecule has 0 unspecified atom stereocenters. The molecule has 5 rings (SSSR count). The number of aliphatic carboxylic acids is 1. The van der Waals surface area contributed by atoms with Gasteiger partial charge in [0.15, 0.2) is 29.8 Å². The Morgan fingerprint density at radius 1 is 1.04 bits per heavy atom. The Balaban J connectivity index is 1.38. The number of carbonyl (C=O) groups excluding carboxylic acids is 4. The predicted octanol–water partition coefficient (Wildman–Crippen LogP) is 0.147. The minimum absolute atomic E-state index is 0.0951. The molecule has 2 bridgehead atoms. The maximum atomic E-state index is 13.3. The number of ether oxygens (including phenoxy) is 6. The number of piperidine rings is 1. The molecular formula is C31H37NO14. The van der Waals surface area contributed by atoms with Crippen LogP contribution in [-0.2, 0) is 54.8 Å². The number of hydrogen-bond acceptors (Lipinski definition) is 14. The van der Waals surface area contributed by atoms with Gasteiger partial charge >= 0.3 is 29.8 Å². The van der Waals surface area contributed by atoms with E-state index in [9.17, 15) is 34.2 Å². The smallest absolute Gasteiger partial charge is 0.348 e. The predicted molar refractivity (Wildman–Crippen MR) is 152 cm³/mol. The van der Waals surface area contributed by atoms with E-state index in [0.717, 1.165) is 31.9 Å². The molecule has 1 aromatic rings. The summed E-state index contributed by atoms with van der Waals surface area (Å²) in [5.41, 5.74) is -0.416. The van der Waals surface area contributed by atoms with Crippen molar-refractivity contribution in [3.8, 4) is 11.5 Å².